The Morgan fingerprint density at radius 1 is 1.05 bits per heavy atom. The van der Waals surface area contributed by atoms with Gasteiger partial charge >= 0.3 is 0 Å². The first-order valence-corrected chi connectivity index (χ1v) is 8.69. The largest absolute Gasteiger partial charge is 0.344 e. The second kappa shape index (κ2) is 6.64. The van der Waals surface area contributed by atoms with E-state index < -0.39 is 0 Å². The first-order valence-electron chi connectivity index (χ1n) is 8.69. The molecule has 114 valence electrons. The molecule has 1 aromatic rings. The van der Waals surface area contributed by atoms with Gasteiger partial charge in [0.1, 0.15) is 5.84 Å². The van der Waals surface area contributed by atoms with Crippen LogP contribution in [-0.4, -0.2) is 11.9 Å². The van der Waals surface area contributed by atoms with Crippen LogP contribution >= 0.6 is 0 Å². The molecule has 0 saturated heterocycles. The predicted molar refractivity (Wildman–Crippen MR) is 91.4 cm³/mol. The fourth-order valence-corrected chi connectivity index (χ4v) is 3.69. The molecule has 2 nitrogen and oxygen atoms in total. The van der Waals surface area contributed by atoms with Gasteiger partial charge in [-0.2, -0.15) is 0 Å². The molecule has 2 heteroatoms. The highest BCUT2D eigenvalue weighted by atomic mass is 15.0. The number of nitrogens with zero attached hydrogens (tertiary/aromatic N) is 1. The number of benzene rings is 1. The van der Waals surface area contributed by atoms with Crippen molar-refractivity contribution in [2.75, 3.05) is 5.32 Å². The maximum Gasteiger partial charge on any atom is 0.101 e. The number of amidine groups is 1. The first-order chi connectivity index (χ1) is 10.2. The number of fused-ring (bicyclic) bond motifs is 1. The molecule has 0 unspecified atom stereocenters. The maximum absolute atomic E-state index is 4.74. The summed E-state index contributed by atoms with van der Waals surface area (Å²) in [5.41, 5.74) is 4.31. The van der Waals surface area contributed by atoms with Crippen molar-refractivity contribution in [3.63, 3.8) is 0 Å². The highest BCUT2D eigenvalue weighted by molar-refractivity contribution is 5.97. The van der Waals surface area contributed by atoms with Crippen LogP contribution in [-0.2, 0) is 6.42 Å². The summed E-state index contributed by atoms with van der Waals surface area (Å²) in [5.74, 6) is 1.95. The lowest BCUT2D eigenvalue weighted by Crippen LogP contribution is -2.13. The molecule has 1 aliphatic heterocycles. The molecule has 0 bridgehead atoms. The zero-order chi connectivity index (χ0) is 14.7. The Morgan fingerprint density at radius 2 is 1.86 bits per heavy atom. The second-order valence-corrected chi connectivity index (χ2v) is 6.90. The summed E-state index contributed by atoms with van der Waals surface area (Å²) in [6.45, 7) is 4.30. The fourth-order valence-electron chi connectivity index (χ4n) is 3.69. The third kappa shape index (κ3) is 3.66. The van der Waals surface area contributed by atoms with Gasteiger partial charge in [-0.3, -0.25) is 4.99 Å². The Hall–Kier alpha value is -1.31. The molecule has 0 amide bonds. The van der Waals surface area contributed by atoms with Crippen LogP contribution < -0.4 is 5.32 Å². The fraction of sp³-hybridized carbons (Fsp3) is 0.632. The second-order valence-electron chi connectivity index (χ2n) is 6.90. The smallest absolute Gasteiger partial charge is 0.101 e. The Balaban J connectivity index is 1.84. The standard InChI is InChI=1S/C19H28N2/c1-14(2)20-19-10-6-9-16-11-12-17(13-18(16)21-19)15-7-4-3-5-8-15/h11-15H,3-10H2,1-2H3,(H,20,21). The van der Waals surface area contributed by atoms with Crippen LogP contribution in [0.3, 0.4) is 0 Å². The van der Waals surface area contributed by atoms with Crippen LogP contribution in [0.1, 0.15) is 75.8 Å². The molecule has 0 atom stereocenters. The summed E-state index contributed by atoms with van der Waals surface area (Å²) in [7, 11) is 0. The van der Waals surface area contributed by atoms with Gasteiger partial charge in [-0.15, -0.1) is 0 Å². The van der Waals surface area contributed by atoms with Gasteiger partial charge in [0.2, 0.25) is 0 Å². The Bertz CT molecular complexity index is 510. The summed E-state index contributed by atoms with van der Waals surface area (Å²) in [6.07, 6.45) is 10.4. The van der Waals surface area contributed by atoms with Crippen LogP contribution in [0, 0.1) is 0 Å². The number of rotatable bonds is 2. The predicted octanol–water partition coefficient (Wildman–Crippen LogP) is 5.29. The third-order valence-electron chi connectivity index (χ3n) is 4.76. The van der Waals surface area contributed by atoms with E-state index in [9.17, 15) is 0 Å². The van der Waals surface area contributed by atoms with Gasteiger partial charge in [-0.05, 0) is 62.6 Å². The van der Waals surface area contributed by atoms with Crippen LogP contribution in [0.5, 0.6) is 0 Å². The van der Waals surface area contributed by atoms with Gasteiger partial charge in [-0.1, -0.05) is 31.4 Å². The molecule has 3 rings (SSSR count). The average Bonchev–Trinajstić information content (AvgIpc) is 2.68. The number of aryl methyl sites for hydroxylation is 1. The monoisotopic (exact) mass is 284 g/mol. The molecule has 2 aliphatic rings. The van der Waals surface area contributed by atoms with E-state index in [0.717, 1.165) is 12.3 Å². The highest BCUT2D eigenvalue weighted by Crippen LogP contribution is 2.35. The van der Waals surface area contributed by atoms with Gasteiger partial charge in [0.25, 0.3) is 0 Å². The lowest BCUT2D eigenvalue weighted by molar-refractivity contribution is 0.443. The van der Waals surface area contributed by atoms with Crippen molar-refractivity contribution in [2.24, 2.45) is 4.99 Å². The molecule has 1 aromatic carbocycles. The summed E-state index contributed by atoms with van der Waals surface area (Å²) in [4.78, 5) is 4.74. The minimum Gasteiger partial charge on any atom is -0.344 e. The van der Waals surface area contributed by atoms with Crippen molar-refractivity contribution < 1.29 is 0 Å². The van der Waals surface area contributed by atoms with Gasteiger partial charge in [-0.25, -0.2) is 0 Å². The van der Waals surface area contributed by atoms with E-state index in [1.54, 1.807) is 0 Å². The molecule has 1 aliphatic carbocycles. The lowest BCUT2D eigenvalue weighted by atomic mass is 9.83. The van der Waals surface area contributed by atoms with Crippen LogP contribution in [0.25, 0.3) is 0 Å². The van der Waals surface area contributed by atoms with Crippen molar-refractivity contribution in [1.82, 2.24) is 0 Å². The Kier molecular flexibility index (Phi) is 4.62. The first kappa shape index (κ1) is 14.6. The molecule has 0 aromatic heterocycles. The van der Waals surface area contributed by atoms with Crippen molar-refractivity contribution in [3.8, 4) is 0 Å². The van der Waals surface area contributed by atoms with E-state index in [-0.39, 0.29) is 0 Å². The number of anilines is 1. The molecular formula is C19H28N2. The van der Waals surface area contributed by atoms with Crippen molar-refractivity contribution in [2.45, 2.75) is 77.2 Å². The topological polar surface area (TPSA) is 24.4 Å². The molecule has 1 heterocycles. The SMILES string of the molecule is CC(C)N=C1CCCc2ccc(C3CCCCC3)cc2N1. The molecule has 1 fully saturated rings. The number of nitrogens with one attached hydrogen (secondary N) is 1. The third-order valence-corrected chi connectivity index (χ3v) is 4.76. The Morgan fingerprint density at radius 3 is 2.62 bits per heavy atom. The lowest BCUT2D eigenvalue weighted by Gasteiger charge is -2.23. The van der Waals surface area contributed by atoms with Crippen molar-refractivity contribution >= 4 is 11.5 Å². The van der Waals surface area contributed by atoms with E-state index in [4.69, 9.17) is 4.99 Å². The van der Waals surface area contributed by atoms with Gasteiger partial charge < -0.3 is 5.32 Å². The average molecular weight is 284 g/mol. The molecule has 0 spiro atoms. The van der Waals surface area contributed by atoms with E-state index in [0.29, 0.717) is 6.04 Å². The van der Waals surface area contributed by atoms with Gasteiger partial charge in [0, 0.05) is 18.2 Å². The number of hydrogen-bond donors (Lipinski definition) is 1. The number of aliphatic imine (C=N–C) groups is 1. The molecule has 0 radical (unpaired) electrons. The summed E-state index contributed by atoms with van der Waals surface area (Å²) >= 11 is 0. The van der Waals surface area contributed by atoms with E-state index >= 15 is 0 Å². The van der Waals surface area contributed by atoms with Crippen LogP contribution in [0.15, 0.2) is 23.2 Å². The molecule has 21 heavy (non-hydrogen) atoms. The van der Waals surface area contributed by atoms with Gasteiger partial charge in [0.15, 0.2) is 0 Å². The van der Waals surface area contributed by atoms with Crippen molar-refractivity contribution in [3.05, 3.63) is 29.3 Å². The molecule has 1 saturated carbocycles. The minimum atomic E-state index is 0.371. The van der Waals surface area contributed by atoms with Gasteiger partial charge in [0.05, 0.1) is 0 Å². The van der Waals surface area contributed by atoms with Crippen LogP contribution in [0.2, 0.25) is 0 Å². The van der Waals surface area contributed by atoms with Crippen LogP contribution in [0.4, 0.5) is 5.69 Å². The summed E-state index contributed by atoms with van der Waals surface area (Å²) < 4.78 is 0. The minimum absolute atomic E-state index is 0.371. The van der Waals surface area contributed by atoms with E-state index in [1.807, 2.05) is 0 Å². The molecule has 1 N–H and O–H groups in total. The normalized spacial score (nSPS) is 22.0. The molecular weight excluding hydrogens is 256 g/mol. The van der Waals surface area contributed by atoms with Crippen molar-refractivity contribution in [1.29, 1.82) is 0 Å². The summed E-state index contributed by atoms with van der Waals surface area (Å²) in [6, 6.07) is 7.51. The quantitative estimate of drug-likeness (QED) is 0.784. The number of hydrogen-bond acceptors (Lipinski definition) is 1. The Labute approximate surface area is 129 Å². The van der Waals surface area contributed by atoms with E-state index in [2.05, 4.69) is 37.4 Å². The zero-order valence-electron chi connectivity index (χ0n) is 13.5. The maximum atomic E-state index is 4.74. The highest BCUT2D eigenvalue weighted by Gasteiger charge is 2.18. The van der Waals surface area contributed by atoms with E-state index in [1.165, 1.54) is 67.6 Å². The summed E-state index contributed by atoms with van der Waals surface area (Å²) in [5, 5.41) is 3.62. The zero-order valence-corrected chi connectivity index (χ0v) is 13.5.